The zero-order valence-corrected chi connectivity index (χ0v) is 19.3. The topological polar surface area (TPSA) is 50.5 Å². The van der Waals surface area contributed by atoms with Gasteiger partial charge in [0.2, 0.25) is 5.76 Å². The van der Waals surface area contributed by atoms with Crippen LogP contribution in [0.2, 0.25) is 0 Å². The molecule has 172 valence electrons. The van der Waals surface area contributed by atoms with Gasteiger partial charge in [0.15, 0.2) is 0 Å². The van der Waals surface area contributed by atoms with Gasteiger partial charge in [0.05, 0.1) is 5.39 Å². The molecule has 0 spiro atoms. The first-order valence-corrected chi connectivity index (χ1v) is 11.7. The highest BCUT2D eigenvalue weighted by atomic mass is 16.4. The Balaban J connectivity index is 1.61. The molecule has 5 rings (SSSR count). The lowest BCUT2D eigenvalue weighted by Gasteiger charge is -2.24. The van der Waals surface area contributed by atoms with Gasteiger partial charge in [0.1, 0.15) is 0 Å². The van der Waals surface area contributed by atoms with Crippen LogP contribution in [0, 0.1) is 0 Å². The zero-order valence-electron chi connectivity index (χ0n) is 19.3. The number of nitrogens with zero attached hydrogens (tertiary/aromatic N) is 1. The monoisotopic (exact) mass is 459 g/mol. The summed E-state index contributed by atoms with van der Waals surface area (Å²) in [6, 6.07) is 36.9. The Kier molecular flexibility index (Phi) is 6.53. The minimum absolute atomic E-state index is 0.0730. The minimum atomic E-state index is -0.508. The highest BCUT2D eigenvalue weighted by molar-refractivity contribution is 6.07. The van der Waals surface area contributed by atoms with Gasteiger partial charge in [0.25, 0.3) is 5.91 Å². The molecule has 1 heterocycles. The van der Waals surface area contributed by atoms with Gasteiger partial charge >= 0.3 is 5.63 Å². The van der Waals surface area contributed by atoms with E-state index in [1.807, 2.05) is 91.0 Å². The van der Waals surface area contributed by atoms with Crippen molar-refractivity contribution in [1.29, 1.82) is 0 Å². The summed E-state index contributed by atoms with van der Waals surface area (Å²) in [5, 5.41) is 1.17. The van der Waals surface area contributed by atoms with Gasteiger partial charge in [-0.05, 0) is 29.2 Å². The summed E-state index contributed by atoms with van der Waals surface area (Å²) in [5.41, 5.74) is 3.12. The number of amides is 1. The van der Waals surface area contributed by atoms with Gasteiger partial charge in [-0.1, -0.05) is 109 Å². The summed E-state index contributed by atoms with van der Waals surface area (Å²) in [6.07, 6.45) is 0.692. The smallest absolute Gasteiger partial charge is 0.344 e. The summed E-state index contributed by atoms with van der Waals surface area (Å²) in [5.74, 6) is -0.226. The van der Waals surface area contributed by atoms with Crippen molar-refractivity contribution in [2.45, 2.75) is 13.0 Å². The largest absolute Gasteiger partial charge is 0.416 e. The van der Waals surface area contributed by atoms with Crippen molar-refractivity contribution in [1.82, 2.24) is 4.90 Å². The van der Waals surface area contributed by atoms with Crippen molar-refractivity contribution in [2.75, 3.05) is 6.54 Å². The normalized spacial score (nSPS) is 10.9. The van der Waals surface area contributed by atoms with E-state index in [0.717, 1.165) is 16.7 Å². The maximum absolute atomic E-state index is 14.1. The molecule has 4 nitrogen and oxygen atoms in total. The molecular weight excluding hydrogens is 434 g/mol. The molecule has 0 saturated carbocycles. The predicted octanol–water partition coefficient (Wildman–Crippen LogP) is 6.35. The first kappa shape index (κ1) is 22.4. The third kappa shape index (κ3) is 4.92. The van der Waals surface area contributed by atoms with E-state index in [1.54, 1.807) is 17.0 Å². The van der Waals surface area contributed by atoms with E-state index >= 15 is 0 Å². The Morgan fingerprint density at radius 3 is 1.86 bits per heavy atom. The Labute approximate surface area is 204 Å². The number of carbonyl (C=O) groups is 1. The molecule has 1 aromatic heterocycles. The fourth-order valence-electron chi connectivity index (χ4n) is 4.35. The van der Waals surface area contributed by atoms with Crippen LogP contribution in [-0.4, -0.2) is 17.4 Å². The van der Waals surface area contributed by atoms with Gasteiger partial charge in [-0.3, -0.25) is 4.79 Å². The lowest BCUT2D eigenvalue weighted by atomic mass is 9.97. The molecule has 0 bridgehead atoms. The second kappa shape index (κ2) is 10.2. The molecule has 4 heteroatoms. The van der Waals surface area contributed by atoms with Gasteiger partial charge in [0, 0.05) is 24.0 Å². The summed E-state index contributed by atoms with van der Waals surface area (Å²) in [4.78, 5) is 28.7. The summed E-state index contributed by atoms with van der Waals surface area (Å²) >= 11 is 0. The summed E-state index contributed by atoms with van der Waals surface area (Å²) in [7, 11) is 0. The molecule has 0 saturated heterocycles. The number of carbonyl (C=O) groups excluding carboxylic acids is 1. The molecule has 0 unspecified atom stereocenters. The molecule has 0 aliphatic carbocycles. The van der Waals surface area contributed by atoms with E-state index in [4.69, 9.17) is 4.42 Å². The molecule has 35 heavy (non-hydrogen) atoms. The Bertz CT molecular complexity index is 1490. The number of rotatable bonds is 7. The van der Waals surface area contributed by atoms with Crippen LogP contribution in [0.5, 0.6) is 0 Å². The molecule has 5 aromatic rings. The predicted molar refractivity (Wildman–Crippen MR) is 139 cm³/mol. The fourth-order valence-corrected chi connectivity index (χ4v) is 4.35. The third-order valence-corrected chi connectivity index (χ3v) is 6.11. The van der Waals surface area contributed by atoms with Crippen molar-refractivity contribution in [2.24, 2.45) is 0 Å². The second-order valence-electron chi connectivity index (χ2n) is 8.45. The standard InChI is InChI=1S/C31H25NO3/c33-30(32(22-24-14-6-2-7-15-24)21-20-23-12-4-1-5-13-23)29-28(25-16-8-3-9-17-25)26-18-10-11-19-27(26)31(34)35-29/h1-19H,20-22H2. The SMILES string of the molecule is O=C(c1oc(=O)c2ccccc2c1-c1ccccc1)N(CCc1ccccc1)Cc1ccccc1. The number of fused-ring (bicyclic) bond motifs is 1. The summed E-state index contributed by atoms with van der Waals surface area (Å²) < 4.78 is 5.76. The number of hydrogen-bond donors (Lipinski definition) is 0. The van der Waals surface area contributed by atoms with Crippen molar-refractivity contribution in [3.63, 3.8) is 0 Å². The van der Waals surface area contributed by atoms with E-state index in [-0.39, 0.29) is 11.7 Å². The van der Waals surface area contributed by atoms with Gasteiger partial charge in [-0.15, -0.1) is 0 Å². The van der Waals surface area contributed by atoms with Crippen molar-refractivity contribution in [3.8, 4) is 11.1 Å². The molecular formula is C31H25NO3. The van der Waals surface area contributed by atoms with Crippen LogP contribution >= 0.6 is 0 Å². The quantitative estimate of drug-likeness (QED) is 0.285. The van der Waals surface area contributed by atoms with Crippen LogP contribution in [0.3, 0.4) is 0 Å². The Morgan fingerprint density at radius 1 is 0.657 bits per heavy atom. The molecule has 0 aliphatic rings. The van der Waals surface area contributed by atoms with Crippen molar-refractivity contribution >= 4 is 16.7 Å². The zero-order chi connectivity index (χ0) is 24.0. The lowest BCUT2D eigenvalue weighted by molar-refractivity contribution is 0.0710. The van der Waals surface area contributed by atoms with Crippen LogP contribution < -0.4 is 5.63 Å². The van der Waals surface area contributed by atoms with Gasteiger partial charge in [-0.2, -0.15) is 0 Å². The molecule has 0 fully saturated rings. The maximum atomic E-state index is 14.1. The van der Waals surface area contributed by atoms with E-state index in [1.165, 1.54) is 0 Å². The Hall–Kier alpha value is -4.44. The van der Waals surface area contributed by atoms with Crippen LogP contribution in [0.4, 0.5) is 0 Å². The van der Waals surface area contributed by atoms with Gasteiger partial charge < -0.3 is 9.32 Å². The van der Waals surface area contributed by atoms with Crippen LogP contribution in [0.1, 0.15) is 21.7 Å². The molecule has 1 amide bonds. The first-order chi connectivity index (χ1) is 17.2. The van der Waals surface area contributed by atoms with Crippen LogP contribution in [0.15, 0.2) is 124 Å². The maximum Gasteiger partial charge on any atom is 0.344 e. The fraction of sp³-hybridized carbons (Fsp3) is 0.0968. The van der Waals surface area contributed by atoms with Crippen molar-refractivity contribution in [3.05, 3.63) is 143 Å². The highest BCUT2D eigenvalue weighted by Gasteiger charge is 2.26. The average Bonchev–Trinajstić information content (AvgIpc) is 2.92. The van der Waals surface area contributed by atoms with E-state index in [2.05, 4.69) is 12.1 Å². The lowest BCUT2D eigenvalue weighted by Crippen LogP contribution is -2.33. The average molecular weight is 460 g/mol. The highest BCUT2D eigenvalue weighted by Crippen LogP contribution is 2.31. The number of benzene rings is 4. The third-order valence-electron chi connectivity index (χ3n) is 6.11. The number of hydrogen-bond acceptors (Lipinski definition) is 3. The first-order valence-electron chi connectivity index (χ1n) is 11.7. The van der Waals surface area contributed by atoms with Crippen molar-refractivity contribution < 1.29 is 9.21 Å². The van der Waals surface area contributed by atoms with E-state index < -0.39 is 5.63 Å². The second-order valence-corrected chi connectivity index (χ2v) is 8.45. The molecule has 0 aliphatic heterocycles. The molecule has 0 radical (unpaired) electrons. The van der Waals surface area contributed by atoms with Gasteiger partial charge in [-0.25, -0.2) is 4.79 Å². The molecule has 0 N–H and O–H groups in total. The molecule has 4 aromatic carbocycles. The minimum Gasteiger partial charge on any atom is -0.416 e. The van der Waals surface area contributed by atoms with Crippen LogP contribution in [0.25, 0.3) is 21.9 Å². The van der Waals surface area contributed by atoms with E-state index in [9.17, 15) is 9.59 Å². The molecule has 0 atom stereocenters. The summed E-state index contributed by atoms with van der Waals surface area (Å²) in [6.45, 7) is 0.903. The van der Waals surface area contributed by atoms with Crippen LogP contribution in [-0.2, 0) is 13.0 Å². The Morgan fingerprint density at radius 2 is 1.20 bits per heavy atom. The van der Waals surface area contributed by atoms with E-state index in [0.29, 0.717) is 35.8 Å².